The predicted molar refractivity (Wildman–Crippen MR) is 93.0 cm³/mol. The van der Waals surface area contributed by atoms with Gasteiger partial charge in [-0.05, 0) is 43.9 Å². The Bertz CT molecular complexity index is 498. The number of hydrogen-bond donors (Lipinski definition) is 0. The lowest BCUT2D eigenvalue weighted by atomic mass is 10.1. The van der Waals surface area contributed by atoms with Crippen LogP contribution in [0.1, 0.15) is 31.2 Å². The van der Waals surface area contributed by atoms with E-state index in [1.807, 2.05) is 11.8 Å². The van der Waals surface area contributed by atoms with Gasteiger partial charge in [0.05, 0.1) is 6.04 Å². The van der Waals surface area contributed by atoms with Crippen LogP contribution in [0.2, 0.25) is 0 Å². The topological polar surface area (TPSA) is 26.8 Å². The van der Waals surface area contributed by atoms with Crippen LogP contribution in [0, 0.1) is 5.92 Å². The van der Waals surface area contributed by atoms with Gasteiger partial charge in [0.25, 0.3) is 0 Å². The number of rotatable bonds is 6. The van der Waals surface area contributed by atoms with E-state index in [0.717, 1.165) is 32.7 Å². The van der Waals surface area contributed by atoms with Crippen LogP contribution in [0.3, 0.4) is 0 Å². The van der Waals surface area contributed by atoms with Crippen molar-refractivity contribution in [1.82, 2.24) is 14.7 Å². The Balaban J connectivity index is 1.94. The van der Waals surface area contributed by atoms with Gasteiger partial charge in [0.15, 0.2) is 0 Å². The van der Waals surface area contributed by atoms with E-state index in [1.165, 1.54) is 10.4 Å². The Labute approximate surface area is 138 Å². The lowest BCUT2D eigenvalue weighted by Gasteiger charge is -2.39. The van der Waals surface area contributed by atoms with Crippen molar-refractivity contribution in [2.45, 2.75) is 39.9 Å². The largest absolute Gasteiger partial charge is 0.340 e. The molecule has 1 amide bonds. The molecular formula is C17H29N3OS. The summed E-state index contributed by atoms with van der Waals surface area (Å²) in [6, 6.07) is 2.27. The van der Waals surface area contributed by atoms with Crippen molar-refractivity contribution in [3.8, 4) is 0 Å². The molecule has 1 aliphatic rings. The summed E-state index contributed by atoms with van der Waals surface area (Å²) in [5, 5.41) is 2.23. The molecule has 0 saturated carbocycles. The van der Waals surface area contributed by atoms with Gasteiger partial charge in [0, 0.05) is 37.6 Å². The quantitative estimate of drug-likeness (QED) is 0.805. The molecule has 1 aliphatic heterocycles. The van der Waals surface area contributed by atoms with E-state index in [1.54, 1.807) is 11.3 Å². The van der Waals surface area contributed by atoms with Gasteiger partial charge >= 0.3 is 0 Å². The van der Waals surface area contributed by atoms with E-state index in [-0.39, 0.29) is 11.9 Å². The van der Waals surface area contributed by atoms with Crippen LogP contribution < -0.4 is 0 Å². The molecule has 1 saturated heterocycles. The van der Waals surface area contributed by atoms with E-state index < -0.39 is 0 Å². The van der Waals surface area contributed by atoms with E-state index >= 15 is 0 Å². The Morgan fingerprint density at radius 3 is 2.73 bits per heavy atom. The molecule has 0 radical (unpaired) electrons. The average Bonchev–Trinajstić information content (AvgIpc) is 2.84. The predicted octanol–water partition coefficient (Wildman–Crippen LogP) is 2.50. The molecule has 1 aromatic rings. The number of carbonyl (C=O) groups excluding carboxylic acids is 1. The zero-order valence-electron chi connectivity index (χ0n) is 14.5. The van der Waals surface area contributed by atoms with E-state index in [0.29, 0.717) is 5.92 Å². The summed E-state index contributed by atoms with van der Waals surface area (Å²) in [6.07, 6.45) is 0. The van der Waals surface area contributed by atoms with Gasteiger partial charge in [-0.15, -0.1) is 11.3 Å². The zero-order valence-corrected chi connectivity index (χ0v) is 15.3. The molecule has 0 spiro atoms. The second-order valence-electron chi connectivity index (χ2n) is 6.98. The summed E-state index contributed by atoms with van der Waals surface area (Å²) in [4.78, 5) is 20.4. The average molecular weight is 324 g/mol. The fourth-order valence-corrected chi connectivity index (χ4v) is 3.87. The molecule has 1 aromatic heterocycles. The summed E-state index contributed by atoms with van der Waals surface area (Å²) in [7, 11) is 4.18. The third-order valence-electron chi connectivity index (χ3n) is 4.03. The first kappa shape index (κ1) is 17.4. The van der Waals surface area contributed by atoms with Crippen molar-refractivity contribution in [3.63, 3.8) is 0 Å². The van der Waals surface area contributed by atoms with Crippen LogP contribution in [0.4, 0.5) is 0 Å². The van der Waals surface area contributed by atoms with Crippen LogP contribution >= 0.6 is 11.3 Å². The highest BCUT2D eigenvalue weighted by atomic mass is 32.1. The van der Waals surface area contributed by atoms with E-state index in [2.05, 4.69) is 49.2 Å². The molecule has 2 heterocycles. The Kier molecular flexibility index (Phi) is 6.01. The number of nitrogens with zero attached hydrogens (tertiary/aromatic N) is 3. The van der Waals surface area contributed by atoms with Gasteiger partial charge in [-0.3, -0.25) is 9.69 Å². The lowest BCUT2D eigenvalue weighted by Crippen LogP contribution is -2.55. The van der Waals surface area contributed by atoms with Gasteiger partial charge in [-0.25, -0.2) is 0 Å². The monoisotopic (exact) mass is 323 g/mol. The molecule has 4 nitrogen and oxygen atoms in total. The zero-order chi connectivity index (χ0) is 16.3. The second-order valence-corrected chi connectivity index (χ2v) is 7.98. The Hall–Kier alpha value is -0.910. The van der Waals surface area contributed by atoms with Crippen molar-refractivity contribution < 1.29 is 4.79 Å². The molecule has 1 atom stereocenters. The van der Waals surface area contributed by atoms with Gasteiger partial charge < -0.3 is 9.80 Å². The molecule has 0 aliphatic carbocycles. The van der Waals surface area contributed by atoms with Gasteiger partial charge in [0.1, 0.15) is 0 Å². The molecule has 22 heavy (non-hydrogen) atoms. The molecular weight excluding hydrogens is 294 g/mol. The Morgan fingerprint density at radius 1 is 1.36 bits per heavy atom. The molecule has 1 fully saturated rings. The summed E-state index contributed by atoms with van der Waals surface area (Å²) in [5.41, 5.74) is 1.36. The van der Waals surface area contributed by atoms with E-state index in [9.17, 15) is 4.79 Å². The molecule has 0 N–H and O–H groups in total. The summed E-state index contributed by atoms with van der Waals surface area (Å²) in [6.45, 7) is 11.0. The van der Waals surface area contributed by atoms with Crippen LogP contribution in [0.25, 0.3) is 0 Å². The molecule has 124 valence electrons. The second kappa shape index (κ2) is 7.57. The minimum atomic E-state index is -0.00750. The summed E-state index contributed by atoms with van der Waals surface area (Å²) >= 11 is 1.81. The summed E-state index contributed by atoms with van der Waals surface area (Å²) in [5.74, 6) is 0.818. The minimum Gasteiger partial charge on any atom is -0.340 e. The number of carbonyl (C=O) groups is 1. The molecule has 0 aromatic carbocycles. The number of amides is 1. The normalized spacial score (nSPS) is 20.4. The third-order valence-corrected chi connectivity index (χ3v) is 5.00. The van der Waals surface area contributed by atoms with Crippen LogP contribution in [-0.2, 0) is 17.9 Å². The molecule has 2 rings (SSSR count). The van der Waals surface area contributed by atoms with Crippen molar-refractivity contribution in [2.75, 3.05) is 33.7 Å². The maximum Gasteiger partial charge on any atom is 0.239 e. The van der Waals surface area contributed by atoms with Crippen LogP contribution in [-0.4, -0.2) is 60.4 Å². The fraction of sp³-hybridized carbons (Fsp3) is 0.706. The maximum absolute atomic E-state index is 12.5. The first-order valence-electron chi connectivity index (χ1n) is 8.10. The lowest BCUT2D eigenvalue weighted by molar-refractivity contribution is -0.141. The number of piperazine rings is 1. The number of hydrogen-bond acceptors (Lipinski definition) is 4. The smallest absolute Gasteiger partial charge is 0.239 e. The van der Waals surface area contributed by atoms with E-state index in [4.69, 9.17) is 0 Å². The highest BCUT2D eigenvalue weighted by Crippen LogP contribution is 2.21. The van der Waals surface area contributed by atoms with Crippen molar-refractivity contribution in [2.24, 2.45) is 5.92 Å². The first-order chi connectivity index (χ1) is 10.4. The SMILES string of the molecule is CC(C)CN1CCN(Cc2cc(CN(C)C)cs2)C(C)C1=O. The number of thiophene rings is 1. The van der Waals surface area contributed by atoms with Gasteiger partial charge in [-0.2, -0.15) is 0 Å². The summed E-state index contributed by atoms with van der Waals surface area (Å²) < 4.78 is 0. The fourth-order valence-electron chi connectivity index (χ4n) is 2.97. The standard InChI is InChI=1S/C17H29N3OS/c1-13(2)9-20-7-6-19(14(3)17(20)21)11-16-8-15(12-22-16)10-18(4)5/h8,12-14H,6-7,9-11H2,1-5H3. The van der Waals surface area contributed by atoms with Crippen molar-refractivity contribution in [1.29, 1.82) is 0 Å². The van der Waals surface area contributed by atoms with Crippen LogP contribution in [0.5, 0.6) is 0 Å². The minimum absolute atomic E-state index is 0.00750. The third kappa shape index (κ3) is 4.54. The Morgan fingerprint density at radius 2 is 2.09 bits per heavy atom. The maximum atomic E-state index is 12.5. The highest BCUT2D eigenvalue weighted by molar-refractivity contribution is 7.10. The van der Waals surface area contributed by atoms with Crippen molar-refractivity contribution >= 4 is 17.2 Å². The van der Waals surface area contributed by atoms with Crippen LogP contribution in [0.15, 0.2) is 11.4 Å². The molecule has 5 heteroatoms. The van der Waals surface area contributed by atoms with Gasteiger partial charge in [0.2, 0.25) is 5.91 Å². The molecule has 0 bridgehead atoms. The highest BCUT2D eigenvalue weighted by Gasteiger charge is 2.31. The molecule has 1 unspecified atom stereocenters. The van der Waals surface area contributed by atoms with Gasteiger partial charge in [-0.1, -0.05) is 13.8 Å². The van der Waals surface area contributed by atoms with Crippen molar-refractivity contribution in [3.05, 3.63) is 21.9 Å². The first-order valence-corrected chi connectivity index (χ1v) is 8.98.